The van der Waals surface area contributed by atoms with Crippen molar-refractivity contribution in [3.8, 4) is 0 Å². The molecule has 6 nitrogen and oxygen atoms in total. The average Bonchev–Trinajstić information content (AvgIpc) is 3.25. The lowest BCUT2D eigenvalue weighted by Gasteiger charge is -2.21. The van der Waals surface area contributed by atoms with Gasteiger partial charge in [-0.2, -0.15) is 0 Å². The molecule has 0 spiro atoms. The normalized spacial score (nSPS) is 20.2. The summed E-state index contributed by atoms with van der Waals surface area (Å²) in [6.07, 6.45) is 3.26. The minimum atomic E-state index is -0.0208. The van der Waals surface area contributed by atoms with Crippen LogP contribution in [0, 0.1) is 5.92 Å². The van der Waals surface area contributed by atoms with E-state index in [2.05, 4.69) is 21.7 Å². The summed E-state index contributed by atoms with van der Waals surface area (Å²) in [5.41, 5.74) is 1.25. The van der Waals surface area contributed by atoms with Crippen LogP contribution in [0.4, 0.5) is 0 Å². The third-order valence-corrected chi connectivity index (χ3v) is 5.68. The van der Waals surface area contributed by atoms with Gasteiger partial charge >= 0.3 is 0 Å². The summed E-state index contributed by atoms with van der Waals surface area (Å²) in [6, 6.07) is 8.04. The Bertz CT molecular complexity index is 689. The maximum atomic E-state index is 11.9. The molecule has 0 radical (unpaired) electrons. The first-order valence-electron chi connectivity index (χ1n) is 9.55. The first-order valence-corrected chi connectivity index (χ1v) is 9.93. The summed E-state index contributed by atoms with van der Waals surface area (Å²) in [6.45, 7) is 3.27. The number of carbonyl (C=O) groups is 1. The molecule has 2 N–H and O–H groups in total. The molecule has 1 saturated heterocycles. The number of aliphatic imine (C=N–C) groups is 1. The molecule has 1 saturated carbocycles. The highest BCUT2D eigenvalue weighted by atomic mass is 127. The van der Waals surface area contributed by atoms with Crippen LogP contribution in [0.15, 0.2) is 29.3 Å². The van der Waals surface area contributed by atoms with Crippen molar-refractivity contribution >= 4 is 47.4 Å². The van der Waals surface area contributed by atoms with E-state index < -0.39 is 0 Å². The lowest BCUT2D eigenvalue weighted by molar-refractivity contribution is -0.127. The van der Waals surface area contributed by atoms with Crippen LogP contribution in [0.1, 0.15) is 24.8 Å². The van der Waals surface area contributed by atoms with Crippen LogP contribution < -0.4 is 10.6 Å². The number of halogens is 2. The van der Waals surface area contributed by atoms with Crippen LogP contribution in [0.2, 0.25) is 5.02 Å². The number of amides is 1. The molecule has 28 heavy (non-hydrogen) atoms. The van der Waals surface area contributed by atoms with Gasteiger partial charge in [0.15, 0.2) is 5.96 Å². The molecular weight excluding hydrogens is 491 g/mol. The number of rotatable bonds is 7. The van der Waals surface area contributed by atoms with Crippen molar-refractivity contribution in [3.63, 3.8) is 0 Å². The van der Waals surface area contributed by atoms with Crippen LogP contribution in [0.3, 0.4) is 0 Å². The fourth-order valence-corrected chi connectivity index (χ4v) is 3.62. The largest absolute Gasteiger partial charge is 0.381 e. The maximum Gasteiger partial charge on any atom is 0.243 e. The molecule has 156 valence electrons. The number of benzene rings is 1. The molecule has 1 heterocycles. The lowest BCUT2D eigenvalue weighted by Crippen LogP contribution is -2.43. The number of likely N-dealkylation sites (N-methyl/N-ethyl adjacent to an activating group) is 1. The van der Waals surface area contributed by atoms with E-state index in [1.165, 1.54) is 5.56 Å². The molecule has 1 aromatic rings. The minimum absolute atomic E-state index is 0. The summed E-state index contributed by atoms with van der Waals surface area (Å²) in [5.74, 6) is 1.14. The number of nitrogens with one attached hydrogen (secondary N) is 2. The van der Waals surface area contributed by atoms with Gasteiger partial charge in [0.25, 0.3) is 0 Å². The Labute approximate surface area is 189 Å². The molecule has 1 aromatic carbocycles. The van der Waals surface area contributed by atoms with E-state index in [4.69, 9.17) is 16.3 Å². The summed E-state index contributed by atoms with van der Waals surface area (Å²) < 4.78 is 5.44. The van der Waals surface area contributed by atoms with Gasteiger partial charge in [0.1, 0.15) is 6.54 Å². The fraction of sp³-hybridized carbons (Fsp3) is 0.600. The Morgan fingerprint density at radius 1 is 1.32 bits per heavy atom. The van der Waals surface area contributed by atoms with Crippen LogP contribution in [-0.2, 0) is 14.9 Å². The second kappa shape index (κ2) is 10.6. The first-order chi connectivity index (χ1) is 13.0. The second-order valence-corrected chi connectivity index (χ2v) is 8.08. The van der Waals surface area contributed by atoms with Gasteiger partial charge in [-0.25, -0.2) is 4.99 Å². The van der Waals surface area contributed by atoms with Crippen molar-refractivity contribution in [2.45, 2.75) is 24.7 Å². The monoisotopic (exact) mass is 520 g/mol. The SMILES string of the molecule is CN(C)C(=O)CN=C(NCC1CCOC1)NCC1(c2ccccc2Cl)CC1.I. The van der Waals surface area contributed by atoms with Crippen LogP contribution in [0.5, 0.6) is 0 Å². The van der Waals surface area contributed by atoms with E-state index in [0.29, 0.717) is 11.9 Å². The molecule has 0 bridgehead atoms. The summed E-state index contributed by atoms with van der Waals surface area (Å²) >= 11 is 6.41. The number of hydrogen-bond donors (Lipinski definition) is 2. The molecule has 1 aliphatic carbocycles. The Hall–Kier alpha value is -1.06. The summed E-state index contributed by atoms with van der Waals surface area (Å²) in [4.78, 5) is 17.9. The van der Waals surface area contributed by atoms with Gasteiger partial charge in [-0.1, -0.05) is 29.8 Å². The predicted molar refractivity (Wildman–Crippen MR) is 124 cm³/mol. The van der Waals surface area contributed by atoms with E-state index in [9.17, 15) is 4.79 Å². The number of guanidine groups is 1. The molecule has 2 aliphatic rings. The summed E-state index contributed by atoms with van der Waals surface area (Å²) in [7, 11) is 3.48. The smallest absolute Gasteiger partial charge is 0.243 e. The third-order valence-electron chi connectivity index (χ3n) is 5.35. The number of nitrogens with zero attached hydrogens (tertiary/aromatic N) is 2. The van der Waals surface area contributed by atoms with E-state index in [1.54, 1.807) is 19.0 Å². The van der Waals surface area contributed by atoms with Crippen molar-refractivity contribution in [3.05, 3.63) is 34.9 Å². The Morgan fingerprint density at radius 3 is 2.68 bits per heavy atom. The third kappa shape index (κ3) is 6.22. The van der Waals surface area contributed by atoms with E-state index in [-0.39, 0.29) is 41.8 Å². The zero-order chi connectivity index (χ0) is 19.3. The Balaban J connectivity index is 0.00000280. The van der Waals surface area contributed by atoms with Crippen LogP contribution in [0.25, 0.3) is 0 Å². The highest BCUT2D eigenvalue weighted by molar-refractivity contribution is 14.0. The zero-order valence-corrected chi connectivity index (χ0v) is 19.6. The van der Waals surface area contributed by atoms with Gasteiger partial charge in [-0.15, -0.1) is 24.0 Å². The molecular formula is C20H30ClIN4O2. The van der Waals surface area contributed by atoms with E-state index >= 15 is 0 Å². The zero-order valence-electron chi connectivity index (χ0n) is 16.5. The van der Waals surface area contributed by atoms with Gasteiger partial charge in [0.05, 0.1) is 6.61 Å². The number of ether oxygens (including phenoxy) is 1. The molecule has 1 atom stereocenters. The quantitative estimate of drug-likeness (QED) is 0.330. The Kier molecular flexibility index (Phi) is 8.82. The maximum absolute atomic E-state index is 11.9. The standard InChI is InChI=1S/C20H29ClN4O2.HI/c1-25(2)18(26)12-23-19(22-11-15-7-10-27-13-15)24-14-20(8-9-20)16-5-3-4-6-17(16)21;/h3-6,15H,7-14H2,1-2H3,(H2,22,23,24);1H. The van der Waals surface area contributed by atoms with Gasteiger partial charge in [-0.05, 0) is 30.9 Å². The van der Waals surface area contributed by atoms with Gasteiger partial charge in [0.2, 0.25) is 5.91 Å². The lowest BCUT2D eigenvalue weighted by atomic mass is 9.96. The first kappa shape index (κ1) is 23.2. The molecule has 0 aromatic heterocycles. The highest BCUT2D eigenvalue weighted by Gasteiger charge is 2.45. The van der Waals surface area contributed by atoms with Crippen molar-refractivity contribution in [1.82, 2.24) is 15.5 Å². The van der Waals surface area contributed by atoms with Gasteiger partial charge < -0.3 is 20.3 Å². The van der Waals surface area contributed by atoms with Crippen molar-refractivity contribution in [1.29, 1.82) is 0 Å². The van der Waals surface area contributed by atoms with Gasteiger partial charge in [0, 0.05) is 50.1 Å². The average molecular weight is 521 g/mol. The molecule has 1 unspecified atom stereocenters. The van der Waals surface area contributed by atoms with Crippen molar-refractivity contribution < 1.29 is 9.53 Å². The minimum Gasteiger partial charge on any atom is -0.381 e. The van der Waals surface area contributed by atoms with Crippen molar-refractivity contribution in [2.75, 3.05) is 46.9 Å². The molecule has 1 amide bonds. The van der Waals surface area contributed by atoms with Crippen LogP contribution >= 0.6 is 35.6 Å². The van der Waals surface area contributed by atoms with E-state index in [0.717, 1.165) is 50.6 Å². The van der Waals surface area contributed by atoms with Crippen LogP contribution in [-0.4, -0.2) is 63.7 Å². The second-order valence-electron chi connectivity index (χ2n) is 7.68. The predicted octanol–water partition coefficient (Wildman–Crippen LogP) is 2.65. The fourth-order valence-electron chi connectivity index (χ4n) is 3.28. The van der Waals surface area contributed by atoms with E-state index in [1.807, 2.05) is 18.2 Å². The molecule has 3 rings (SSSR count). The summed E-state index contributed by atoms with van der Waals surface area (Å²) in [5, 5.41) is 7.63. The highest BCUT2D eigenvalue weighted by Crippen LogP contribution is 2.49. The van der Waals surface area contributed by atoms with Gasteiger partial charge in [-0.3, -0.25) is 4.79 Å². The molecule has 8 heteroatoms. The topological polar surface area (TPSA) is 66.0 Å². The number of hydrogen-bond acceptors (Lipinski definition) is 3. The molecule has 2 fully saturated rings. The number of carbonyl (C=O) groups excluding carboxylic acids is 1. The Morgan fingerprint density at radius 2 is 2.07 bits per heavy atom. The van der Waals surface area contributed by atoms with Crippen molar-refractivity contribution in [2.24, 2.45) is 10.9 Å². The molecule has 1 aliphatic heterocycles.